The number of nitrogens with zero attached hydrogens (tertiary/aromatic N) is 3. The third kappa shape index (κ3) is 5.07. The van der Waals surface area contributed by atoms with Crippen molar-refractivity contribution in [1.29, 1.82) is 0 Å². The third-order valence-corrected chi connectivity index (χ3v) is 5.55. The molecule has 0 saturated carbocycles. The average Bonchev–Trinajstić information content (AvgIpc) is 2.84. The molecule has 1 amide bonds. The number of benzene rings is 2. The zero-order valence-electron chi connectivity index (χ0n) is 19.4. The average molecular weight is 491 g/mol. The molecule has 0 unspecified atom stereocenters. The minimum atomic E-state index is -0.427. The minimum absolute atomic E-state index is 0.0907. The number of halogens is 1. The number of ether oxygens (including phenoxy) is 1. The monoisotopic (exact) mass is 490 g/mol. The van der Waals surface area contributed by atoms with Crippen LogP contribution in [0, 0.1) is 0 Å². The molecule has 178 valence electrons. The molecule has 0 radical (unpaired) electrons. The van der Waals surface area contributed by atoms with Gasteiger partial charge in [-0.25, -0.2) is 9.97 Å². The molecule has 2 aromatic heterocycles. The number of aromatic nitrogens is 3. The van der Waals surface area contributed by atoms with Crippen LogP contribution in [0.25, 0.3) is 33.5 Å². The van der Waals surface area contributed by atoms with Gasteiger partial charge in [-0.3, -0.25) is 19.0 Å². The van der Waals surface area contributed by atoms with Crippen molar-refractivity contribution in [3.8, 4) is 28.3 Å². The summed E-state index contributed by atoms with van der Waals surface area (Å²) in [6, 6.07) is 13.4. The Labute approximate surface area is 206 Å². The van der Waals surface area contributed by atoms with Crippen molar-refractivity contribution in [2.45, 2.75) is 26.4 Å². The van der Waals surface area contributed by atoms with Crippen molar-refractivity contribution in [2.24, 2.45) is 0 Å². The highest BCUT2D eigenvalue weighted by Crippen LogP contribution is 2.31. The van der Waals surface area contributed by atoms with Crippen LogP contribution in [0.2, 0.25) is 5.02 Å². The summed E-state index contributed by atoms with van der Waals surface area (Å²) in [4.78, 5) is 46.6. The van der Waals surface area contributed by atoms with E-state index in [1.807, 2.05) is 13.8 Å². The molecule has 0 bridgehead atoms. The van der Waals surface area contributed by atoms with Crippen molar-refractivity contribution < 1.29 is 14.3 Å². The number of rotatable bonds is 7. The summed E-state index contributed by atoms with van der Waals surface area (Å²) in [6.07, 6.45) is 2.30. The first-order valence-electron chi connectivity index (χ1n) is 10.9. The molecule has 4 aromatic rings. The molecule has 2 heterocycles. The van der Waals surface area contributed by atoms with Gasteiger partial charge in [-0.1, -0.05) is 23.7 Å². The zero-order valence-corrected chi connectivity index (χ0v) is 20.2. The lowest BCUT2D eigenvalue weighted by molar-refractivity contribution is -0.122. The largest absolute Gasteiger partial charge is 0.496 e. The Morgan fingerprint density at radius 3 is 2.66 bits per heavy atom. The number of hydrogen-bond acceptors (Lipinski definition) is 6. The summed E-state index contributed by atoms with van der Waals surface area (Å²) < 4.78 is 6.75. The van der Waals surface area contributed by atoms with E-state index >= 15 is 0 Å². The first kappa shape index (κ1) is 24.1. The first-order chi connectivity index (χ1) is 16.8. The van der Waals surface area contributed by atoms with Gasteiger partial charge in [0.1, 0.15) is 24.4 Å². The van der Waals surface area contributed by atoms with Gasteiger partial charge < -0.3 is 10.1 Å². The standard InChI is InChI=1S/C26H23ClN4O4/c1-15(2)29-23(33)13-31-25(17-5-4-6-19(27)10-17)30-24-21(26(31)34)11-18(12-28-24)20-9-16(14-32)7-8-22(20)35-3/h4-12,14-15H,13H2,1-3H3,(H,29,33). The van der Waals surface area contributed by atoms with Gasteiger partial charge in [-0.05, 0) is 50.2 Å². The van der Waals surface area contributed by atoms with Crippen LogP contribution in [0.15, 0.2) is 59.5 Å². The first-order valence-corrected chi connectivity index (χ1v) is 11.3. The molecule has 2 aromatic carbocycles. The number of nitrogens with one attached hydrogen (secondary N) is 1. The van der Waals surface area contributed by atoms with E-state index in [-0.39, 0.29) is 35.4 Å². The Kier molecular flexibility index (Phi) is 6.93. The van der Waals surface area contributed by atoms with Crippen LogP contribution in [0.5, 0.6) is 5.75 Å². The highest BCUT2D eigenvalue weighted by atomic mass is 35.5. The van der Waals surface area contributed by atoms with Crippen LogP contribution in [0.4, 0.5) is 0 Å². The van der Waals surface area contributed by atoms with Crippen molar-refractivity contribution in [3.05, 3.63) is 75.7 Å². The van der Waals surface area contributed by atoms with Gasteiger partial charge in [0.2, 0.25) is 5.91 Å². The molecule has 8 nitrogen and oxygen atoms in total. The fourth-order valence-corrected chi connectivity index (χ4v) is 3.97. The minimum Gasteiger partial charge on any atom is -0.496 e. The summed E-state index contributed by atoms with van der Waals surface area (Å²) in [7, 11) is 1.52. The van der Waals surface area contributed by atoms with Gasteiger partial charge in [-0.15, -0.1) is 0 Å². The molecule has 0 spiro atoms. The molecular weight excluding hydrogens is 468 g/mol. The van der Waals surface area contributed by atoms with Crippen LogP contribution < -0.4 is 15.6 Å². The summed E-state index contributed by atoms with van der Waals surface area (Å²) in [5.74, 6) is 0.484. The van der Waals surface area contributed by atoms with Gasteiger partial charge in [-0.2, -0.15) is 0 Å². The summed E-state index contributed by atoms with van der Waals surface area (Å²) in [5.41, 5.74) is 2.02. The van der Waals surface area contributed by atoms with Crippen LogP contribution in [-0.2, 0) is 11.3 Å². The number of carbonyl (C=O) groups excluding carboxylic acids is 2. The second kappa shape index (κ2) is 10.1. The molecule has 9 heteroatoms. The lowest BCUT2D eigenvalue weighted by Crippen LogP contribution is -2.37. The number of fused-ring (bicyclic) bond motifs is 1. The van der Waals surface area contributed by atoms with Gasteiger partial charge >= 0.3 is 0 Å². The summed E-state index contributed by atoms with van der Waals surface area (Å²) >= 11 is 6.17. The third-order valence-electron chi connectivity index (χ3n) is 5.31. The second-order valence-corrected chi connectivity index (χ2v) is 8.67. The molecule has 0 aliphatic rings. The highest BCUT2D eigenvalue weighted by Gasteiger charge is 2.18. The van der Waals surface area contributed by atoms with E-state index < -0.39 is 5.56 Å². The predicted molar refractivity (Wildman–Crippen MR) is 135 cm³/mol. The van der Waals surface area contributed by atoms with Crippen molar-refractivity contribution in [2.75, 3.05) is 7.11 Å². The predicted octanol–water partition coefficient (Wildman–Crippen LogP) is 4.12. The van der Waals surface area contributed by atoms with Crippen molar-refractivity contribution in [1.82, 2.24) is 19.9 Å². The van der Waals surface area contributed by atoms with Crippen LogP contribution >= 0.6 is 11.6 Å². The van der Waals surface area contributed by atoms with E-state index in [2.05, 4.69) is 15.3 Å². The van der Waals surface area contributed by atoms with E-state index in [1.54, 1.807) is 54.7 Å². The number of aldehydes is 1. The van der Waals surface area contributed by atoms with E-state index in [9.17, 15) is 14.4 Å². The fraction of sp³-hybridized carbons (Fsp3) is 0.192. The molecule has 0 saturated heterocycles. The maximum absolute atomic E-state index is 13.7. The molecule has 0 aliphatic carbocycles. The van der Waals surface area contributed by atoms with Gasteiger partial charge in [0, 0.05) is 39.5 Å². The summed E-state index contributed by atoms with van der Waals surface area (Å²) in [6.45, 7) is 3.46. The van der Waals surface area contributed by atoms with E-state index in [0.29, 0.717) is 33.0 Å². The molecule has 35 heavy (non-hydrogen) atoms. The smallest absolute Gasteiger partial charge is 0.263 e. The highest BCUT2D eigenvalue weighted by molar-refractivity contribution is 6.30. The Morgan fingerprint density at radius 2 is 1.97 bits per heavy atom. The maximum Gasteiger partial charge on any atom is 0.263 e. The lowest BCUT2D eigenvalue weighted by atomic mass is 10.0. The van der Waals surface area contributed by atoms with Crippen molar-refractivity contribution in [3.63, 3.8) is 0 Å². The SMILES string of the molecule is COc1ccc(C=O)cc1-c1cnc2nc(-c3cccc(Cl)c3)n(CC(=O)NC(C)C)c(=O)c2c1. The Hall–Kier alpha value is -4.04. The fourth-order valence-electron chi connectivity index (χ4n) is 3.78. The van der Waals surface area contributed by atoms with Gasteiger partial charge in [0.15, 0.2) is 5.65 Å². The molecule has 1 N–H and O–H groups in total. The van der Waals surface area contributed by atoms with Crippen LogP contribution in [-0.4, -0.2) is 39.9 Å². The summed E-state index contributed by atoms with van der Waals surface area (Å²) in [5, 5.41) is 3.50. The topological polar surface area (TPSA) is 103 Å². The number of pyridine rings is 1. The molecular formula is C26H23ClN4O4. The molecule has 4 rings (SSSR count). The Bertz CT molecular complexity index is 1500. The second-order valence-electron chi connectivity index (χ2n) is 8.23. The molecule has 0 aliphatic heterocycles. The molecule has 0 fully saturated rings. The molecule has 0 atom stereocenters. The zero-order chi connectivity index (χ0) is 25.1. The van der Waals surface area contributed by atoms with Gasteiger partial charge in [0.25, 0.3) is 5.56 Å². The van der Waals surface area contributed by atoms with Gasteiger partial charge in [0.05, 0.1) is 12.5 Å². The quantitative estimate of drug-likeness (QED) is 0.391. The van der Waals surface area contributed by atoms with Crippen LogP contribution in [0.1, 0.15) is 24.2 Å². The van der Waals surface area contributed by atoms with E-state index in [1.165, 1.54) is 11.7 Å². The maximum atomic E-state index is 13.7. The van der Waals surface area contributed by atoms with Crippen molar-refractivity contribution >= 4 is 34.8 Å². The Morgan fingerprint density at radius 1 is 1.17 bits per heavy atom. The number of amides is 1. The van der Waals surface area contributed by atoms with Crippen LogP contribution in [0.3, 0.4) is 0 Å². The van der Waals surface area contributed by atoms with E-state index in [4.69, 9.17) is 16.3 Å². The lowest BCUT2D eigenvalue weighted by Gasteiger charge is -2.15. The number of methoxy groups -OCH3 is 1. The normalized spacial score (nSPS) is 11.0. The van der Waals surface area contributed by atoms with E-state index in [0.717, 1.165) is 6.29 Å². The number of carbonyl (C=O) groups is 2. The Balaban J connectivity index is 1.94. The number of hydrogen-bond donors (Lipinski definition) is 1.